The van der Waals surface area contributed by atoms with Crippen LogP contribution in [0.1, 0.15) is 32.1 Å². The molecule has 0 spiro atoms. The van der Waals surface area contributed by atoms with Crippen molar-refractivity contribution in [3.8, 4) is 11.3 Å². The number of nitrogens with zero attached hydrogens (tertiary/aromatic N) is 5. The Morgan fingerprint density at radius 3 is 2.64 bits per heavy atom. The zero-order valence-electron chi connectivity index (χ0n) is 19.1. The average Bonchev–Trinajstić information content (AvgIpc) is 2.88. The van der Waals surface area contributed by atoms with Gasteiger partial charge in [-0.15, -0.1) is 0 Å². The quantitative estimate of drug-likeness (QED) is 0.634. The fourth-order valence-corrected chi connectivity index (χ4v) is 4.87. The van der Waals surface area contributed by atoms with Gasteiger partial charge >= 0.3 is 6.03 Å². The molecule has 1 saturated heterocycles. The number of anilines is 2. The van der Waals surface area contributed by atoms with E-state index >= 15 is 0 Å². The van der Waals surface area contributed by atoms with Crippen molar-refractivity contribution in [1.29, 1.82) is 0 Å². The monoisotopic (exact) mass is 445 g/mol. The molecule has 0 atom stereocenters. The molecule has 172 valence electrons. The van der Waals surface area contributed by atoms with Crippen LogP contribution in [0, 0.1) is 0 Å². The summed E-state index contributed by atoms with van der Waals surface area (Å²) < 4.78 is 0. The fourth-order valence-electron chi connectivity index (χ4n) is 4.87. The number of urea groups is 1. The zero-order chi connectivity index (χ0) is 22.6. The molecule has 4 heterocycles. The Hall–Kier alpha value is -3.42. The number of fused-ring (bicyclic) bond motifs is 1. The minimum absolute atomic E-state index is 0.0276. The number of hydrogen-bond acceptors (Lipinski definition) is 6. The highest BCUT2D eigenvalue weighted by molar-refractivity contribution is 5.94. The van der Waals surface area contributed by atoms with Gasteiger partial charge in [0.05, 0.1) is 5.69 Å². The SMILES string of the molecule is CNC(=O)N1CCN(c2nc(-c3ccnc(NC4CCCCC4)c3)cc3cnccc23)CC1. The summed E-state index contributed by atoms with van der Waals surface area (Å²) in [5, 5.41) is 8.48. The van der Waals surface area contributed by atoms with Gasteiger partial charge in [-0.1, -0.05) is 19.3 Å². The number of carbonyl (C=O) groups is 1. The lowest BCUT2D eigenvalue weighted by Crippen LogP contribution is -2.51. The molecule has 33 heavy (non-hydrogen) atoms. The van der Waals surface area contributed by atoms with E-state index in [4.69, 9.17) is 4.98 Å². The van der Waals surface area contributed by atoms with Crippen LogP contribution in [0.3, 0.4) is 0 Å². The topological polar surface area (TPSA) is 86.3 Å². The normalized spacial score (nSPS) is 17.2. The summed E-state index contributed by atoms with van der Waals surface area (Å²) >= 11 is 0. The molecule has 1 saturated carbocycles. The molecule has 8 nitrogen and oxygen atoms in total. The van der Waals surface area contributed by atoms with Gasteiger partial charge in [0.25, 0.3) is 0 Å². The first-order chi connectivity index (χ1) is 16.2. The summed E-state index contributed by atoms with van der Waals surface area (Å²) in [5.41, 5.74) is 1.95. The molecule has 1 aliphatic heterocycles. The molecule has 2 aliphatic rings. The molecule has 0 bridgehead atoms. The molecule has 3 aromatic rings. The van der Waals surface area contributed by atoms with Crippen LogP contribution in [0.15, 0.2) is 42.9 Å². The summed E-state index contributed by atoms with van der Waals surface area (Å²) in [4.78, 5) is 30.1. The molecule has 5 rings (SSSR count). The first-order valence-corrected chi connectivity index (χ1v) is 11.9. The van der Waals surface area contributed by atoms with Crippen LogP contribution in [-0.2, 0) is 0 Å². The summed E-state index contributed by atoms with van der Waals surface area (Å²) in [6, 6.07) is 8.72. The van der Waals surface area contributed by atoms with E-state index in [0.29, 0.717) is 19.1 Å². The minimum atomic E-state index is -0.0276. The molecule has 3 aromatic heterocycles. The predicted octanol–water partition coefficient (Wildman–Crippen LogP) is 3.90. The van der Waals surface area contributed by atoms with Crippen LogP contribution < -0.4 is 15.5 Å². The highest BCUT2D eigenvalue weighted by Gasteiger charge is 2.23. The van der Waals surface area contributed by atoms with Crippen molar-refractivity contribution in [1.82, 2.24) is 25.2 Å². The Balaban J connectivity index is 1.44. The number of rotatable bonds is 4. The third-order valence-corrected chi connectivity index (χ3v) is 6.70. The van der Waals surface area contributed by atoms with E-state index in [1.807, 2.05) is 35.6 Å². The van der Waals surface area contributed by atoms with Gasteiger partial charge in [-0.3, -0.25) is 4.98 Å². The van der Waals surface area contributed by atoms with E-state index in [9.17, 15) is 4.79 Å². The van der Waals surface area contributed by atoms with Crippen molar-refractivity contribution in [3.63, 3.8) is 0 Å². The molecule has 0 aromatic carbocycles. The molecular weight excluding hydrogens is 414 g/mol. The second-order valence-electron chi connectivity index (χ2n) is 8.87. The third-order valence-electron chi connectivity index (χ3n) is 6.70. The number of piperazine rings is 1. The summed E-state index contributed by atoms with van der Waals surface area (Å²) in [7, 11) is 1.67. The van der Waals surface area contributed by atoms with E-state index < -0.39 is 0 Å². The van der Waals surface area contributed by atoms with Crippen LogP contribution in [0.4, 0.5) is 16.4 Å². The predicted molar refractivity (Wildman–Crippen MR) is 132 cm³/mol. The lowest BCUT2D eigenvalue weighted by Gasteiger charge is -2.35. The smallest absolute Gasteiger partial charge is 0.317 e. The lowest BCUT2D eigenvalue weighted by molar-refractivity contribution is 0.196. The highest BCUT2D eigenvalue weighted by Crippen LogP contribution is 2.31. The number of carbonyl (C=O) groups excluding carboxylic acids is 1. The summed E-state index contributed by atoms with van der Waals surface area (Å²) in [5.74, 6) is 1.85. The standard InChI is InChI=1S/C25H31N7O/c1-26-25(33)32-13-11-31(12-14-32)24-21-8-9-27-17-19(21)15-22(30-24)18-7-10-28-23(16-18)29-20-5-3-2-4-6-20/h7-10,15-17,20H,2-6,11-14H2,1H3,(H,26,33)(H,28,29). The van der Waals surface area contributed by atoms with Crippen molar-refractivity contribution < 1.29 is 4.79 Å². The largest absolute Gasteiger partial charge is 0.367 e. The van der Waals surface area contributed by atoms with Gasteiger partial charge in [-0.2, -0.15) is 0 Å². The maximum atomic E-state index is 12.0. The van der Waals surface area contributed by atoms with Crippen LogP contribution >= 0.6 is 0 Å². The van der Waals surface area contributed by atoms with Crippen LogP contribution in [0.25, 0.3) is 22.0 Å². The van der Waals surface area contributed by atoms with Crippen molar-refractivity contribution >= 4 is 28.4 Å². The minimum Gasteiger partial charge on any atom is -0.367 e. The molecule has 2 fully saturated rings. The second kappa shape index (κ2) is 9.60. The molecule has 0 radical (unpaired) electrons. The molecule has 2 amide bonds. The number of pyridine rings is 3. The van der Waals surface area contributed by atoms with Gasteiger partial charge in [0.15, 0.2) is 0 Å². The molecular formula is C25H31N7O. The van der Waals surface area contributed by atoms with Crippen LogP contribution in [0.2, 0.25) is 0 Å². The van der Waals surface area contributed by atoms with Gasteiger partial charge in [0, 0.05) is 74.2 Å². The van der Waals surface area contributed by atoms with Crippen LogP contribution in [-0.4, -0.2) is 65.2 Å². The van der Waals surface area contributed by atoms with Crippen molar-refractivity contribution in [2.45, 2.75) is 38.1 Å². The Bertz CT molecular complexity index is 1120. The molecule has 8 heteroatoms. The highest BCUT2D eigenvalue weighted by atomic mass is 16.2. The number of hydrogen-bond donors (Lipinski definition) is 2. The first-order valence-electron chi connectivity index (χ1n) is 11.9. The first kappa shape index (κ1) is 21.4. The number of aromatic nitrogens is 3. The third kappa shape index (κ3) is 4.69. The second-order valence-corrected chi connectivity index (χ2v) is 8.87. The maximum Gasteiger partial charge on any atom is 0.317 e. The van der Waals surface area contributed by atoms with Crippen molar-refractivity contribution in [3.05, 3.63) is 42.9 Å². The number of amides is 2. The van der Waals surface area contributed by atoms with Gasteiger partial charge in [-0.25, -0.2) is 14.8 Å². The fraction of sp³-hybridized carbons (Fsp3) is 0.440. The number of nitrogens with one attached hydrogen (secondary N) is 2. The molecule has 1 aliphatic carbocycles. The Morgan fingerprint density at radius 1 is 1.03 bits per heavy atom. The Labute approximate surface area is 194 Å². The Morgan fingerprint density at radius 2 is 1.85 bits per heavy atom. The summed E-state index contributed by atoms with van der Waals surface area (Å²) in [6.45, 7) is 2.82. The van der Waals surface area contributed by atoms with E-state index in [-0.39, 0.29) is 6.03 Å². The molecule has 2 N–H and O–H groups in total. The Kier molecular flexibility index (Phi) is 6.24. The average molecular weight is 446 g/mol. The maximum absolute atomic E-state index is 12.0. The van der Waals surface area contributed by atoms with Crippen molar-refractivity contribution in [2.24, 2.45) is 0 Å². The van der Waals surface area contributed by atoms with Gasteiger partial charge < -0.3 is 20.4 Å². The van der Waals surface area contributed by atoms with Crippen LogP contribution in [0.5, 0.6) is 0 Å². The van der Waals surface area contributed by atoms with Crippen molar-refractivity contribution in [2.75, 3.05) is 43.4 Å². The van der Waals surface area contributed by atoms with E-state index in [1.165, 1.54) is 32.1 Å². The van der Waals surface area contributed by atoms with Gasteiger partial charge in [0.1, 0.15) is 11.6 Å². The summed E-state index contributed by atoms with van der Waals surface area (Å²) in [6.07, 6.45) is 11.9. The van der Waals surface area contributed by atoms with Gasteiger partial charge in [0.2, 0.25) is 0 Å². The van der Waals surface area contributed by atoms with E-state index in [1.54, 1.807) is 7.05 Å². The van der Waals surface area contributed by atoms with E-state index in [2.05, 4.69) is 37.6 Å². The zero-order valence-corrected chi connectivity index (χ0v) is 19.1. The van der Waals surface area contributed by atoms with Gasteiger partial charge in [-0.05, 0) is 37.1 Å². The van der Waals surface area contributed by atoms with E-state index in [0.717, 1.165) is 46.8 Å². The lowest BCUT2D eigenvalue weighted by atomic mass is 9.95. The molecule has 0 unspecified atom stereocenters.